The maximum atomic E-state index is 13.5. The normalized spacial score (nSPS) is 18.6. The summed E-state index contributed by atoms with van der Waals surface area (Å²) in [6, 6.07) is 12.5. The van der Waals surface area contributed by atoms with Crippen molar-refractivity contribution in [3.63, 3.8) is 0 Å². The molecule has 204 valence electrons. The predicted molar refractivity (Wildman–Crippen MR) is 132 cm³/mol. The number of nitrogens with zero attached hydrogens (tertiary/aromatic N) is 2. The van der Waals surface area contributed by atoms with Gasteiger partial charge in [-0.25, -0.2) is 12.8 Å². The molecule has 1 fully saturated rings. The Bertz CT molecular complexity index is 1630. The fraction of sp³-hybridized carbons (Fsp3) is 0.259. The van der Waals surface area contributed by atoms with E-state index in [-0.39, 0.29) is 36.8 Å². The highest BCUT2D eigenvalue weighted by Gasteiger charge is 2.45. The van der Waals surface area contributed by atoms with Gasteiger partial charge in [0.25, 0.3) is 10.0 Å². The molecule has 1 aliphatic heterocycles. The van der Waals surface area contributed by atoms with E-state index in [0.717, 1.165) is 28.7 Å². The number of alkyl halides is 3. The Morgan fingerprint density at radius 3 is 2.59 bits per heavy atom. The topological polar surface area (TPSA) is 101 Å². The van der Waals surface area contributed by atoms with Crippen LogP contribution in [0.5, 0.6) is 0 Å². The van der Waals surface area contributed by atoms with Crippen LogP contribution in [0.2, 0.25) is 0 Å². The zero-order valence-corrected chi connectivity index (χ0v) is 21.0. The van der Waals surface area contributed by atoms with E-state index in [4.69, 9.17) is 4.42 Å². The van der Waals surface area contributed by atoms with Crippen LogP contribution in [0.4, 0.5) is 17.6 Å². The Kier molecular flexibility index (Phi) is 7.04. The van der Waals surface area contributed by atoms with Crippen LogP contribution in [-0.2, 0) is 27.4 Å². The Morgan fingerprint density at radius 1 is 1.08 bits per heavy atom. The van der Waals surface area contributed by atoms with E-state index in [0.29, 0.717) is 16.7 Å². The summed E-state index contributed by atoms with van der Waals surface area (Å²) in [6.45, 7) is -0.0955. The summed E-state index contributed by atoms with van der Waals surface area (Å²) >= 11 is 0. The number of aromatic nitrogens is 1. The second-order valence-corrected chi connectivity index (χ2v) is 11.1. The van der Waals surface area contributed by atoms with Crippen LogP contribution in [-0.4, -0.2) is 47.3 Å². The van der Waals surface area contributed by atoms with Gasteiger partial charge in [0, 0.05) is 36.2 Å². The van der Waals surface area contributed by atoms with Crippen LogP contribution in [0, 0.1) is 5.82 Å². The number of hydrogen-bond donors (Lipinski definition) is 1. The molecular formula is C27H22F4N2O5S. The van der Waals surface area contributed by atoms with Crippen molar-refractivity contribution in [2.75, 3.05) is 6.54 Å². The number of halogens is 4. The quantitative estimate of drug-likeness (QED) is 0.319. The summed E-state index contributed by atoms with van der Waals surface area (Å²) in [5.74, 6) is -1.05. The second-order valence-electron chi connectivity index (χ2n) is 9.26. The van der Waals surface area contributed by atoms with Crippen LogP contribution in [0.1, 0.15) is 24.1 Å². The number of Topliss-reactive ketones (excluding diaryl/α,β-unsaturated/α-hetero) is 1. The Labute approximate surface area is 220 Å². The van der Waals surface area contributed by atoms with Crippen molar-refractivity contribution in [2.24, 2.45) is 0 Å². The summed E-state index contributed by atoms with van der Waals surface area (Å²) in [5, 5.41) is 10.3. The highest BCUT2D eigenvalue weighted by molar-refractivity contribution is 7.89. The smallest absolute Gasteiger partial charge is 0.433 e. The van der Waals surface area contributed by atoms with Crippen LogP contribution >= 0.6 is 0 Å². The van der Waals surface area contributed by atoms with Gasteiger partial charge in [-0.3, -0.25) is 9.78 Å². The number of aryl methyl sites for hydroxylation is 1. The van der Waals surface area contributed by atoms with Crippen molar-refractivity contribution in [2.45, 2.75) is 42.7 Å². The van der Waals surface area contributed by atoms with Crippen molar-refractivity contribution in [3.05, 3.63) is 83.9 Å². The number of rotatable bonds is 7. The standard InChI is InChI=1S/C27H22F4N2O5S/c28-20-6-8-23-19(13-20)14-25(38-23)39(36,37)33-11-10-22(35)26(33)21(34)7-4-16-2-1-3-17(12-16)18-5-9-24(32-15-18)27(29,30)31/h1-3,5-6,8-9,12-15,22,26,35H,4,7,10-11H2/t22-,26?/m0/s1. The molecule has 1 saturated heterocycles. The number of carbonyl (C=O) groups is 1. The molecule has 3 heterocycles. The first-order valence-corrected chi connectivity index (χ1v) is 13.4. The van der Waals surface area contributed by atoms with E-state index >= 15 is 0 Å². The van der Waals surface area contributed by atoms with Gasteiger partial charge in [-0.05, 0) is 48.2 Å². The van der Waals surface area contributed by atoms with E-state index in [2.05, 4.69) is 4.98 Å². The number of fused-ring (bicyclic) bond motifs is 1. The van der Waals surface area contributed by atoms with E-state index in [1.807, 2.05) is 0 Å². The first kappa shape index (κ1) is 27.0. The Morgan fingerprint density at radius 2 is 1.87 bits per heavy atom. The highest BCUT2D eigenvalue weighted by atomic mass is 32.2. The fourth-order valence-corrected chi connectivity index (χ4v) is 6.28. The fourth-order valence-electron chi connectivity index (χ4n) is 4.68. The molecule has 1 unspecified atom stereocenters. The first-order chi connectivity index (χ1) is 18.4. The molecule has 0 aliphatic carbocycles. The molecule has 0 saturated carbocycles. The summed E-state index contributed by atoms with van der Waals surface area (Å²) in [7, 11) is -4.30. The lowest BCUT2D eigenvalue weighted by molar-refractivity contribution is -0.141. The van der Waals surface area contributed by atoms with Gasteiger partial charge >= 0.3 is 6.18 Å². The van der Waals surface area contributed by atoms with Crippen molar-refractivity contribution in [3.8, 4) is 11.1 Å². The zero-order chi connectivity index (χ0) is 27.9. The third-order valence-corrected chi connectivity index (χ3v) is 8.38. The number of carbonyl (C=O) groups excluding carboxylic acids is 1. The molecule has 7 nitrogen and oxygen atoms in total. The number of aliphatic hydroxyl groups excluding tert-OH is 1. The monoisotopic (exact) mass is 562 g/mol. The molecule has 2 aromatic carbocycles. The average molecular weight is 563 g/mol. The molecule has 0 amide bonds. The van der Waals surface area contributed by atoms with E-state index in [1.165, 1.54) is 18.2 Å². The van der Waals surface area contributed by atoms with Crippen molar-refractivity contribution in [1.82, 2.24) is 9.29 Å². The van der Waals surface area contributed by atoms with E-state index in [9.17, 15) is 35.9 Å². The maximum absolute atomic E-state index is 13.5. The summed E-state index contributed by atoms with van der Waals surface area (Å²) < 4.78 is 84.9. The largest absolute Gasteiger partial charge is 0.443 e. The molecule has 1 aliphatic rings. The number of pyridine rings is 1. The molecule has 4 aromatic rings. The number of aliphatic hydroxyl groups is 1. The number of ketones is 1. The highest BCUT2D eigenvalue weighted by Crippen LogP contribution is 2.32. The van der Waals surface area contributed by atoms with Crippen LogP contribution < -0.4 is 0 Å². The maximum Gasteiger partial charge on any atom is 0.433 e. The van der Waals surface area contributed by atoms with Crippen LogP contribution in [0.25, 0.3) is 22.1 Å². The lowest BCUT2D eigenvalue weighted by Gasteiger charge is -2.23. The van der Waals surface area contributed by atoms with Gasteiger partial charge in [-0.15, -0.1) is 0 Å². The van der Waals surface area contributed by atoms with Gasteiger partial charge in [-0.2, -0.15) is 17.5 Å². The molecule has 0 bridgehead atoms. The molecule has 0 spiro atoms. The Hall–Kier alpha value is -3.61. The molecule has 12 heteroatoms. The molecule has 1 N–H and O–H groups in total. The lowest BCUT2D eigenvalue weighted by atomic mass is 9.98. The first-order valence-electron chi connectivity index (χ1n) is 12.0. The molecule has 0 radical (unpaired) electrons. The minimum Gasteiger partial charge on any atom is -0.443 e. The number of furan rings is 1. The van der Waals surface area contributed by atoms with Crippen molar-refractivity contribution >= 4 is 26.8 Å². The summed E-state index contributed by atoms with van der Waals surface area (Å²) in [6.07, 6.45) is -4.46. The van der Waals surface area contributed by atoms with Crippen LogP contribution in [0.3, 0.4) is 0 Å². The van der Waals surface area contributed by atoms with Crippen LogP contribution in [0.15, 0.2) is 76.4 Å². The van der Waals surface area contributed by atoms with E-state index in [1.54, 1.807) is 24.3 Å². The summed E-state index contributed by atoms with van der Waals surface area (Å²) in [4.78, 5) is 16.6. The van der Waals surface area contributed by atoms with Gasteiger partial charge < -0.3 is 9.52 Å². The van der Waals surface area contributed by atoms with Gasteiger partial charge in [0.1, 0.15) is 23.1 Å². The zero-order valence-electron chi connectivity index (χ0n) is 20.2. The van der Waals surface area contributed by atoms with Crippen molar-refractivity contribution in [1.29, 1.82) is 0 Å². The van der Waals surface area contributed by atoms with Gasteiger partial charge in [-0.1, -0.05) is 30.3 Å². The lowest BCUT2D eigenvalue weighted by Crippen LogP contribution is -2.45. The SMILES string of the molecule is O=C(CCc1cccc(-c2ccc(C(F)(F)F)nc2)c1)C1[C@@H](O)CCN1S(=O)(=O)c1cc2cc(F)ccc2o1. The predicted octanol–water partition coefficient (Wildman–Crippen LogP) is 4.98. The minimum absolute atomic E-state index is 0.0564. The molecular weight excluding hydrogens is 540 g/mol. The van der Waals surface area contributed by atoms with Gasteiger partial charge in [0.05, 0.1) is 6.10 Å². The third kappa shape index (κ3) is 5.45. The number of benzene rings is 2. The number of sulfonamides is 1. The summed E-state index contributed by atoms with van der Waals surface area (Å²) in [5.41, 5.74) is 0.929. The second kappa shape index (κ2) is 10.2. The molecule has 5 rings (SSSR count). The molecule has 2 aromatic heterocycles. The molecule has 2 atom stereocenters. The van der Waals surface area contributed by atoms with E-state index < -0.39 is 50.7 Å². The third-order valence-electron chi connectivity index (χ3n) is 6.64. The van der Waals surface area contributed by atoms with Gasteiger partial charge in [0.2, 0.25) is 5.09 Å². The molecule has 39 heavy (non-hydrogen) atoms. The average Bonchev–Trinajstić information content (AvgIpc) is 3.51. The minimum atomic E-state index is -4.55. The Balaban J connectivity index is 1.31. The number of hydrogen-bond acceptors (Lipinski definition) is 6. The van der Waals surface area contributed by atoms with Crippen molar-refractivity contribution < 1.29 is 40.3 Å². The van der Waals surface area contributed by atoms with Gasteiger partial charge in [0.15, 0.2) is 5.78 Å².